The van der Waals surface area contributed by atoms with Gasteiger partial charge in [-0.25, -0.2) is 13.1 Å². The van der Waals surface area contributed by atoms with Gasteiger partial charge in [0.05, 0.1) is 24.7 Å². The number of nitrogens with zero attached hydrogens (tertiary/aromatic N) is 1. The number of hydrogen-bond donors (Lipinski definition) is 2. The van der Waals surface area contributed by atoms with Crippen LogP contribution in [0.5, 0.6) is 0 Å². The predicted molar refractivity (Wildman–Crippen MR) is 95.8 cm³/mol. The molecule has 0 aliphatic carbocycles. The Bertz CT molecular complexity index is 726. The van der Waals surface area contributed by atoms with Gasteiger partial charge in [0.2, 0.25) is 15.9 Å². The van der Waals surface area contributed by atoms with Gasteiger partial charge in [-0.2, -0.15) is 0 Å². The topological polar surface area (TPSA) is 102 Å². The van der Waals surface area contributed by atoms with Gasteiger partial charge in [-0.3, -0.25) is 4.79 Å². The number of likely N-dealkylation sites (tertiary alicyclic amines) is 1. The number of halogens is 1. The van der Waals surface area contributed by atoms with E-state index in [1.54, 1.807) is 23.1 Å². The lowest BCUT2D eigenvalue weighted by atomic mass is 10.0. The number of amides is 1. The van der Waals surface area contributed by atoms with E-state index >= 15 is 0 Å². The fourth-order valence-electron chi connectivity index (χ4n) is 3.23. The smallest absolute Gasteiger partial charge is 0.241 e. The number of benzene rings is 1. The number of carbonyl (C=O) groups is 1. The van der Waals surface area contributed by atoms with Gasteiger partial charge in [0.15, 0.2) is 0 Å². The van der Waals surface area contributed by atoms with Crippen LogP contribution in [0.15, 0.2) is 23.1 Å². The minimum Gasteiger partial charge on any atom is -0.372 e. The normalized spacial score (nSPS) is 20.0. The van der Waals surface area contributed by atoms with Crippen LogP contribution in [0.4, 0.5) is 0 Å². The zero-order valence-corrected chi connectivity index (χ0v) is 15.6. The van der Waals surface area contributed by atoms with E-state index in [4.69, 9.17) is 10.5 Å². The van der Waals surface area contributed by atoms with Crippen molar-refractivity contribution in [3.63, 3.8) is 0 Å². The summed E-state index contributed by atoms with van der Waals surface area (Å²) in [7, 11) is -3.72. The third-order valence-electron chi connectivity index (χ3n) is 4.64. The maximum absolute atomic E-state index is 12.4. The van der Waals surface area contributed by atoms with Crippen LogP contribution < -0.4 is 10.5 Å². The number of carbonyl (C=O) groups excluding carboxylic acids is 1. The number of ether oxygens (including phenoxy) is 1. The maximum atomic E-state index is 12.4. The molecule has 1 unspecified atom stereocenters. The second-order valence-electron chi connectivity index (χ2n) is 6.22. The summed E-state index contributed by atoms with van der Waals surface area (Å²) in [6.07, 6.45) is 2.86. The van der Waals surface area contributed by atoms with Crippen LogP contribution in [0, 0.1) is 0 Å². The molecular weight excluding hydrogens is 366 g/mol. The molecule has 2 aliphatic rings. The van der Waals surface area contributed by atoms with E-state index in [1.807, 2.05) is 0 Å². The van der Waals surface area contributed by atoms with Gasteiger partial charge in [0.25, 0.3) is 0 Å². The van der Waals surface area contributed by atoms with E-state index in [0.29, 0.717) is 26.3 Å². The van der Waals surface area contributed by atoms with E-state index in [9.17, 15) is 13.2 Å². The Morgan fingerprint density at radius 3 is 2.80 bits per heavy atom. The van der Waals surface area contributed by atoms with Crippen molar-refractivity contribution in [3.05, 3.63) is 29.3 Å². The monoisotopic (exact) mass is 389 g/mol. The second-order valence-corrected chi connectivity index (χ2v) is 7.99. The van der Waals surface area contributed by atoms with Crippen molar-refractivity contribution in [2.45, 2.75) is 43.4 Å². The van der Waals surface area contributed by atoms with E-state index in [-0.39, 0.29) is 35.8 Å². The third-order valence-corrected chi connectivity index (χ3v) is 6.04. The number of rotatable bonds is 5. The third kappa shape index (κ3) is 4.51. The van der Waals surface area contributed by atoms with Crippen LogP contribution >= 0.6 is 12.4 Å². The molecule has 0 radical (unpaired) electrons. The van der Waals surface area contributed by atoms with Crippen molar-refractivity contribution in [2.75, 3.05) is 19.6 Å². The predicted octanol–water partition coefficient (Wildman–Crippen LogP) is 0.757. The van der Waals surface area contributed by atoms with Crippen molar-refractivity contribution in [2.24, 2.45) is 5.73 Å². The molecule has 1 saturated heterocycles. The molecule has 3 N–H and O–H groups in total. The van der Waals surface area contributed by atoms with Crippen molar-refractivity contribution in [1.82, 2.24) is 9.62 Å². The Balaban J connectivity index is 0.00000225. The summed E-state index contributed by atoms with van der Waals surface area (Å²) in [6.45, 7) is 1.73. The quantitative estimate of drug-likeness (QED) is 0.774. The van der Waals surface area contributed by atoms with Crippen molar-refractivity contribution in [3.8, 4) is 0 Å². The van der Waals surface area contributed by atoms with E-state index in [1.165, 1.54) is 0 Å². The summed E-state index contributed by atoms with van der Waals surface area (Å²) in [5.41, 5.74) is 7.59. The first-order chi connectivity index (χ1) is 11.5. The lowest BCUT2D eigenvalue weighted by molar-refractivity contribution is -0.133. The van der Waals surface area contributed by atoms with Crippen LogP contribution in [0.2, 0.25) is 0 Å². The SMILES string of the molecule is Cl.NCC1CCCCN1C(=O)CNS(=O)(=O)c1ccc2c(c1)COC2. The highest BCUT2D eigenvalue weighted by Crippen LogP contribution is 2.23. The Kier molecular flexibility index (Phi) is 6.81. The number of nitrogens with one attached hydrogen (secondary N) is 1. The van der Waals surface area contributed by atoms with Gasteiger partial charge in [0.1, 0.15) is 0 Å². The average molecular weight is 390 g/mol. The molecule has 2 heterocycles. The molecule has 2 aliphatic heterocycles. The molecule has 9 heteroatoms. The molecular formula is C16H24ClN3O4S. The molecule has 1 fully saturated rings. The van der Waals surface area contributed by atoms with Gasteiger partial charge in [-0.1, -0.05) is 6.07 Å². The molecule has 140 valence electrons. The minimum absolute atomic E-state index is 0. The molecule has 0 aromatic heterocycles. The molecule has 1 atom stereocenters. The molecule has 1 amide bonds. The minimum atomic E-state index is -3.72. The second kappa shape index (κ2) is 8.46. The van der Waals surface area contributed by atoms with Crippen LogP contribution in [-0.2, 0) is 32.8 Å². The lowest BCUT2D eigenvalue weighted by Crippen LogP contribution is -2.50. The van der Waals surface area contributed by atoms with E-state index in [0.717, 1.165) is 30.4 Å². The van der Waals surface area contributed by atoms with Crippen LogP contribution in [-0.4, -0.2) is 44.9 Å². The summed E-state index contributed by atoms with van der Waals surface area (Å²) >= 11 is 0. The van der Waals surface area contributed by atoms with Gasteiger partial charge < -0.3 is 15.4 Å². The summed E-state index contributed by atoms with van der Waals surface area (Å²) in [5, 5.41) is 0. The zero-order chi connectivity index (χ0) is 17.2. The van der Waals surface area contributed by atoms with Gasteiger partial charge in [0, 0.05) is 19.1 Å². The van der Waals surface area contributed by atoms with Gasteiger partial charge >= 0.3 is 0 Å². The summed E-state index contributed by atoms with van der Waals surface area (Å²) in [6, 6.07) is 4.92. The van der Waals surface area contributed by atoms with Crippen LogP contribution in [0.25, 0.3) is 0 Å². The van der Waals surface area contributed by atoms with Crippen LogP contribution in [0.3, 0.4) is 0 Å². The van der Waals surface area contributed by atoms with Crippen molar-refractivity contribution in [1.29, 1.82) is 0 Å². The molecule has 1 aromatic rings. The molecule has 0 saturated carbocycles. The number of sulfonamides is 1. The standard InChI is InChI=1S/C16H23N3O4S.ClH/c17-8-14-3-1-2-6-19(14)16(20)9-18-24(21,22)15-5-4-12-10-23-11-13(12)7-15;/h4-5,7,14,18H,1-3,6,8-11,17H2;1H. The van der Waals surface area contributed by atoms with Gasteiger partial charge in [-0.05, 0) is 42.5 Å². The number of piperidine rings is 1. The largest absolute Gasteiger partial charge is 0.372 e. The Labute approximate surface area is 154 Å². The highest BCUT2D eigenvalue weighted by molar-refractivity contribution is 7.89. The fraction of sp³-hybridized carbons (Fsp3) is 0.562. The highest BCUT2D eigenvalue weighted by Gasteiger charge is 2.27. The Hall–Kier alpha value is -1.19. The first-order valence-electron chi connectivity index (χ1n) is 8.20. The first kappa shape index (κ1) is 20.1. The highest BCUT2D eigenvalue weighted by atomic mass is 35.5. The summed E-state index contributed by atoms with van der Waals surface area (Å²) in [5.74, 6) is -0.224. The Morgan fingerprint density at radius 2 is 2.04 bits per heavy atom. The summed E-state index contributed by atoms with van der Waals surface area (Å²) < 4.78 is 32.5. The Morgan fingerprint density at radius 1 is 1.28 bits per heavy atom. The van der Waals surface area contributed by atoms with Gasteiger partial charge in [-0.15, -0.1) is 12.4 Å². The number of hydrogen-bond acceptors (Lipinski definition) is 5. The number of nitrogens with two attached hydrogens (primary N) is 1. The van der Waals surface area contributed by atoms with Crippen LogP contribution in [0.1, 0.15) is 30.4 Å². The summed E-state index contributed by atoms with van der Waals surface area (Å²) in [4.78, 5) is 14.2. The average Bonchev–Trinajstić information content (AvgIpc) is 3.07. The molecule has 1 aromatic carbocycles. The lowest BCUT2D eigenvalue weighted by Gasteiger charge is -2.35. The van der Waals surface area contributed by atoms with Crippen molar-refractivity contribution < 1.29 is 17.9 Å². The molecule has 0 bridgehead atoms. The first-order valence-corrected chi connectivity index (χ1v) is 9.68. The molecule has 3 rings (SSSR count). The van der Waals surface area contributed by atoms with Crippen molar-refractivity contribution >= 4 is 28.3 Å². The fourth-order valence-corrected chi connectivity index (χ4v) is 4.26. The molecule has 7 nitrogen and oxygen atoms in total. The van der Waals surface area contributed by atoms with E-state index in [2.05, 4.69) is 4.72 Å². The van der Waals surface area contributed by atoms with E-state index < -0.39 is 10.0 Å². The molecule has 25 heavy (non-hydrogen) atoms. The molecule has 0 spiro atoms. The zero-order valence-electron chi connectivity index (χ0n) is 13.9. The maximum Gasteiger partial charge on any atom is 0.241 e. The number of fused-ring (bicyclic) bond motifs is 1.